The molecule has 0 fully saturated rings. The fraction of sp³-hybridized carbons (Fsp3) is 0.250. The first-order valence-corrected chi connectivity index (χ1v) is 6.79. The van der Waals surface area contributed by atoms with Gasteiger partial charge in [-0.05, 0) is 42.5 Å². The first-order valence-electron chi connectivity index (χ1n) is 6.79. The number of ether oxygens (including phenoxy) is 1. The van der Waals surface area contributed by atoms with Crippen LogP contribution in [-0.2, 0) is 6.42 Å². The quantitative estimate of drug-likeness (QED) is 0.663. The predicted octanol–water partition coefficient (Wildman–Crippen LogP) is 2.82. The predicted molar refractivity (Wildman–Crippen MR) is 78.0 cm³/mol. The van der Waals surface area contributed by atoms with Crippen LogP contribution in [0.3, 0.4) is 0 Å². The number of aryl methyl sites for hydroxylation is 1. The van der Waals surface area contributed by atoms with Crippen molar-refractivity contribution in [2.75, 3.05) is 0 Å². The number of nitrogens with two attached hydrogens (primary N) is 1. The number of rotatable bonds is 3. The molecule has 1 aliphatic carbocycles. The van der Waals surface area contributed by atoms with Crippen LogP contribution in [0.4, 0.5) is 0 Å². The molecule has 1 unspecified atom stereocenters. The molecule has 0 aliphatic heterocycles. The van der Waals surface area contributed by atoms with Gasteiger partial charge in [-0.3, -0.25) is 5.41 Å². The Balaban J connectivity index is 1.92. The highest BCUT2D eigenvalue weighted by atomic mass is 16.5. The number of hydrogen-bond donors (Lipinski definition) is 2. The summed E-state index contributed by atoms with van der Waals surface area (Å²) in [6.07, 6.45) is 4.82. The summed E-state index contributed by atoms with van der Waals surface area (Å²) >= 11 is 0. The van der Waals surface area contributed by atoms with Gasteiger partial charge in [-0.15, -0.1) is 0 Å². The van der Waals surface area contributed by atoms with Gasteiger partial charge in [-0.1, -0.05) is 24.3 Å². The molecule has 0 spiro atoms. The second-order valence-electron chi connectivity index (χ2n) is 4.96. The van der Waals surface area contributed by atoms with Crippen LogP contribution in [0.2, 0.25) is 0 Å². The summed E-state index contributed by atoms with van der Waals surface area (Å²) in [5.41, 5.74) is 8.55. The normalized spacial score (nSPS) is 17.3. The number of nitrogen functional groups attached to an aromatic ring is 1. The van der Waals surface area contributed by atoms with Crippen molar-refractivity contribution in [1.82, 2.24) is 4.98 Å². The molecule has 0 radical (unpaired) electrons. The number of nitrogens with one attached hydrogen (secondary N) is 1. The molecule has 4 nitrogen and oxygen atoms in total. The smallest absolute Gasteiger partial charge is 0.149 e. The van der Waals surface area contributed by atoms with Crippen LogP contribution in [0.25, 0.3) is 0 Å². The SMILES string of the molecule is N=C(N)c1ncccc1OC1CCCc2ccccc21. The van der Waals surface area contributed by atoms with Crippen LogP contribution in [0.15, 0.2) is 42.6 Å². The fourth-order valence-corrected chi connectivity index (χ4v) is 2.67. The second kappa shape index (κ2) is 5.33. The van der Waals surface area contributed by atoms with Gasteiger partial charge >= 0.3 is 0 Å². The summed E-state index contributed by atoms with van der Waals surface area (Å²) in [6.45, 7) is 0. The van der Waals surface area contributed by atoms with Crippen molar-refractivity contribution in [2.45, 2.75) is 25.4 Å². The third-order valence-electron chi connectivity index (χ3n) is 3.61. The second-order valence-corrected chi connectivity index (χ2v) is 4.96. The number of aromatic nitrogens is 1. The lowest BCUT2D eigenvalue weighted by atomic mass is 9.89. The zero-order chi connectivity index (χ0) is 13.9. The van der Waals surface area contributed by atoms with Gasteiger partial charge in [0.1, 0.15) is 23.4 Å². The number of fused-ring (bicyclic) bond motifs is 1. The van der Waals surface area contributed by atoms with Crippen molar-refractivity contribution in [2.24, 2.45) is 5.73 Å². The molecule has 1 aliphatic rings. The van der Waals surface area contributed by atoms with E-state index in [4.69, 9.17) is 15.9 Å². The van der Waals surface area contributed by atoms with Crippen LogP contribution < -0.4 is 10.5 Å². The van der Waals surface area contributed by atoms with E-state index in [1.165, 1.54) is 11.1 Å². The molecule has 0 amide bonds. The van der Waals surface area contributed by atoms with Gasteiger partial charge in [0, 0.05) is 6.20 Å². The minimum absolute atomic E-state index is 0.0160. The topological polar surface area (TPSA) is 72.0 Å². The van der Waals surface area contributed by atoms with Crippen molar-refractivity contribution < 1.29 is 4.74 Å². The molecule has 1 aromatic carbocycles. The Bertz CT molecular complexity index is 639. The summed E-state index contributed by atoms with van der Waals surface area (Å²) < 4.78 is 6.09. The molecule has 1 heterocycles. The summed E-state index contributed by atoms with van der Waals surface area (Å²) in [7, 11) is 0. The Morgan fingerprint density at radius 2 is 2.10 bits per heavy atom. The highest BCUT2D eigenvalue weighted by Gasteiger charge is 2.22. The van der Waals surface area contributed by atoms with Gasteiger partial charge in [0.25, 0.3) is 0 Å². The molecular formula is C16H17N3O. The first-order chi connectivity index (χ1) is 9.75. The highest BCUT2D eigenvalue weighted by molar-refractivity contribution is 5.95. The van der Waals surface area contributed by atoms with Gasteiger partial charge in [-0.25, -0.2) is 4.98 Å². The lowest BCUT2D eigenvalue weighted by Crippen LogP contribution is -2.19. The Morgan fingerprint density at radius 3 is 2.95 bits per heavy atom. The molecule has 0 saturated carbocycles. The van der Waals surface area contributed by atoms with Gasteiger partial charge in [-0.2, -0.15) is 0 Å². The lowest BCUT2D eigenvalue weighted by molar-refractivity contribution is 0.182. The van der Waals surface area contributed by atoms with Gasteiger partial charge in [0.2, 0.25) is 0 Å². The molecule has 1 aromatic heterocycles. The Morgan fingerprint density at radius 1 is 1.25 bits per heavy atom. The molecule has 102 valence electrons. The van der Waals surface area contributed by atoms with Gasteiger partial charge in [0.05, 0.1) is 0 Å². The van der Waals surface area contributed by atoms with Crippen molar-refractivity contribution in [3.8, 4) is 5.75 Å². The monoisotopic (exact) mass is 267 g/mol. The zero-order valence-electron chi connectivity index (χ0n) is 11.2. The Labute approximate surface area is 118 Å². The van der Waals surface area contributed by atoms with Crippen LogP contribution in [0, 0.1) is 5.41 Å². The minimum Gasteiger partial charge on any atom is -0.483 e. The van der Waals surface area contributed by atoms with E-state index >= 15 is 0 Å². The summed E-state index contributed by atoms with van der Waals surface area (Å²) in [4.78, 5) is 4.13. The maximum atomic E-state index is 7.57. The molecule has 3 rings (SSSR count). The average Bonchev–Trinajstić information content (AvgIpc) is 2.48. The molecule has 3 N–H and O–H groups in total. The van der Waals surface area contributed by atoms with Crippen LogP contribution >= 0.6 is 0 Å². The first kappa shape index (κ1) is 12.7. The largest absolute Gasteiger partial charge is 0.483 e. The maximum Gasteiger partial charge on any atom is 0.149 e. The van der Waals surface area contributed by atoms with E-state index in [1.807, 2.05) is 12.1 Å². The zero-order valence-corrected chi connectivity index (χ0v) is 11.2. The van der Waals surface area contributed by atoms with Crippen LogP contribution in [0.1, 0.15) is 35.8 Å². The Kier molecular flexibility index (Phi) is 3.37. The van der Waals surface area contributed by atoms with E-state index in [0.717, 1.165) is 19.3 Å². The molecule has 4 heteroatoms. The van der Waals surface area contributed by atoms with Crippen molar-refractivity contribution in [3.63, 3.8) is 0 Å². The molecule has 0 bridgehead atoms. The maximum absolute atomic E-state index is 7.57. The minimum atomic E-state index is -0.0651. The van der Waals surface area contributed by atoms with E-state index < -0.39 is 0 Å². The van der Waals surface area contributed by atoms with Gasteiger partial charge in [0.15, 0.2) is 0 Å². The van der Waals surface area contributed by atoms with E-state index in [-0.39, 0.29) is 11.9 Å². The summed E-state index contributed by atoms with van der Waals surface area (Å²) in [5.74, 6) is 0.520. The molecular weight excluding hydrogens is 250 g/mol. The molecule has 2 aromatic rings. The average molecular weight is 267 g/mol. The van der Waals surface area contributed by atoms with E-state index in [0.29, 0.717) is 11.4 Å². The third-order valence-corrected chi connectivity index (χ3v) is 3.61. The number of nitrogens with zero attached hydrogens (tertiary/aromatic N) is 1. The summed E-state index contributed by atoms with van der Waals surface area (Å²) in [6, 6.07) is 12.0. The van der Waals surface area contributed by atoms with E-state index in [2.05, 4.69) is 23.2 Å². The van der Waals surface area contributed by atoms with Crippen LogP contribution in [-0.4, -0.2) is 10.8 Å². The third kappa shape index (κ3) is 2.37. The van der Waals surface area contributed by atoms with E-state index in [9.17, 15) is 0 Å². The number of benzene rings is 1. The van der Waals surface area contributed by atoms with Crippen LogP contribution in [0.5, 0.6) is 5.75 Å². The molecule has 1 atom stereocenters. The summed E-state index contributed by atoms with van der Waals surface area (Å²) in [5, 5.41) is 7.57. The Hall–Kier alpha value is -2.36. The lowest BCUT2D eigenvalue weighted by Gasteiger charge is -2.26. The van der Waals surface area contributed by atoms with Gasteiger partial charge < -0.3 is 10.5 Å². The number of pyridine rings is 1. The fourth-order valence-electron chi connectivity index (χ4n) is 2.67. The van der Waals surface area contributed by atoms with E-state index in [1.54, 1.807) is 12.3 Å². The van der Waals surface area contributed by atoms with Crippen molar-refractivity contribution in [1.29, 1.82) is 5.41 Å². The molecule has 20 heavy (non-hydrogen) atoms. The highest BCUT2D eigenvalue weighted by Crippen LogP contribution is 2.34. The standard InChI is InChI=1S/C16H17N3O/c17-16(18)15-14(9-4-10-19-15)20-13-8-3-6-11-5-1-2-7-12(11)13/h1-2,4-5,7,9-10,13H,3,6,8H2,(H3,17,18). The van der Waals surface area contributed by atoms with Crippen molar-refractivity contribution >= 4 is 5.84 Å². The number of amidine groups is 1. The molecule has 0 saturated heterocycles. The number of hydrogen-bond acceptors (Lipinski definition) is 3. The van der Waals surface area contributed by atoms with Crippen molar-refractivity contribution in [3.05, 3.63) is 59.4 Å².